The number of carboxylic acid groups (broad SMARTS) is 1. The molecule has 0 aliphatic rings. The number of benzene rings is 2. The number of halogens is 8. The number of nitrogens with one attached hydrogen (secondary N) is 2. The Morgan fingerprint density at radius 2 is 1.44 bits per heavy atom. The van der Waals surface area contributed by atoms with Gasteiger partial charge in [0.05, 0.1) is 11.1 Å². The Morgan fingerprint density at radius 1 is 0.889 bits per heavy atom. The summed E-state index contributed by atoms with van der Waals surface area (Å²) in [7, 11) is 0. The highest BCUT2D eigenvalue weighted by Crippen LogP contribution is 2.53. The van der Waals surface area contributed by atoms with E-state index < -0.39 is 46.9 Å². The van der Waals surface area contributed by atoms with Gasteiger partial charge in [-0.1, -0.05) is 18.2 Å². The lowest BCUT2D eigenvalue weighted by atomic mass is 9.92. The number of aliphatic carboxylic acids is 1. The van der Waals surface area contributed by atoms with Gasteiger partial charge in [-0.05, 0) is 67.1 Å². The fourth-order valence-electron chi connectivity index (χ4n) is 3.04. The number of rotatable bonds is 6. The van der Waals surface area contributed by atoms with Crippen LogP contribution in [0, 0.1) is 10.5 Å². The zero-order chi connectivity index (χ0) is 27.9. The van der Waals surface area contributed by atoms with Crippen molar-refractivity contribution in [3.05, 3.63) is 62.2 Å². The predicted octanol–water partition coefficient (Wildman–Crippen LogP) is 5.73. The number of hydrogen-bond donors (Lipinski definition) is 3. The van der Waals surface area contributed by atoms with Crippen LogP contribution in [0.4, 0.5) is 36.4 Å². The summed E-state index contributed by atoms with van der Waals surface area (Å²) in [5.41, 5.74) is -10.1. The molecule has 0 aliphatic carbocycles. The van der Waals surface area contributed by atoms with Crippen LogP contribution < -0.4 is 10.6 Å². The van der Waals surface area contributed by atoms with Gasteiger partial charge in [0.1, 0.15) is 5.54 Å². The highest BCUT2D eigenvalue weighted by molar-refractivity contribution is 14.1. The van der Waals surface area contributed by atoms with E-state index in [1.165, 1.54) is 32.0 Å². The minimum Gasteiger partial charge on any atom is -0.480 e. The number of carboxylic acids is 1. The van der Waals surface area contributed by atoms with Crippen molar-refractivity contribution in [2.75, 3.05) is 5.32 Å². The van der Waals surface area contributed by atoms with E-state index in [2.05, 4.69) is 10.6 Å². The van der Waals surface area contributed by atoms with E-state index in [1.807, 2.05) is 0 Å². The van der Waals surface area contributed by atoms with Gasteiger partial charge in [-0.15, -0.1) is 0 Å². The van der Waals surface area contributed by atoms with Crippen LogP contribution in [0.2, 0.25) is 0 Å². The van der Waals surface area contributed by atoms with Crippen LogP contribution in [-0.2, 0) is 10.5 Å². The summed E-state index contributed by atoms with van der Waals surface area (Å²) in [6.45, 7) is 3.48. The minimum atomic E-state index is -6.30. The maximum absolute atomic E-state index is 14.3. The molecule has 0 saturated heterocycles. The van der Waals surface area contributed by atoms with E-state index in [0.29, 0.717) is 12.1 Å². The smallest absolute Gasteiger partial charge is 0.435 e. The second-order valence-electron chi connectivity index (χ2n) is 8.18. The zero-order valence-electron chi connectivity index (χ0n) is 18.7. The van der Waals surface area contributed by atoms with Crippen molar-refractivity contribution in [3.63, 3.8) is 0 Å². The van der Waals surface area contributed by atoms with Crippen LogP contribution in [0.15, 0.2) is 36.4 Å². The Kier molecular flexibility index (Phi) is 8.03. The molecule has 3 N–H and O–H groups in total. The highest BCUT2D eigenvalue weighted by atomic mass is 127. The van der Waals surface area contributed by atoms with Gasteiger partial charge in [0, 0.05) is 14.8 Å². The lowest BCUT2D eigenvalue weighted by molar-refractivity contribution is -0.348. The summed E-state index contributed by atoms with van der Waals surface area (Å²) in [4.78, 5) is 37.0. The molecule has 0 unspecified atom stereocenters. The summed E-state index contributed by atoms with van der Waals surface area (Å²) in [6, 6.07) is 5.31. The number of carbonyl (C=O) groups is 3. The molecule has 36 heavy (non-hydrogen) atoms. The lowest BCUT2D eigenvalue weighted by Crippen LogP contribution is -2.50. The largest absolute Gasteiger partial charge is 0.480 e. The second-order valence-corrected chi connectivity index (χ2v) is 9.35. The molecule has 2 rings (SSSR count). The quantitative estimate of drug-likeness (QED) is 0.280. The van der Waals surface area contributed by atoms with Crippen molar-refractivity contribution in [1.29, 1.82) is 0 Å². The Labute approximate surface area is 213 Å². The fourth-order valence-corrected chi connectivity index (χ4v) is 3.78. The molecule has 0 spiro atoms. The third kappa shape index (κ3) is 5.57. The van der Waals surface area contributed by atoms with Gasteiger partial charge in [0.15, 0.2) is 0 Å². The van der Waals surface area contributed by atoms with Crippen LogP contribution in [0.25, 0.3) is 0 Å². The molecule has 0 atom stereocenters. The predicted molar refractivity (Wildman–Crippen MR) is 122 cm³/mol. The molecule has 0 aromatic heterocycles. The van der Waals surface area contributed by atoms with E-state index in [-0.39, 0.29) is 32.0 Å². The topological polar surface area (TPSA) is 95.5 Å². The van der Waals surface area contributed by atoms with E-state index in [9.17, 15) is 50.2 Å². The van der Waals surface area contributed by atoms with Crippen LogP contribution in [0.1, 0.15) is 45.7 Å². The van der Waals surface area contributed by atoms with Crippen LogP contribution in [-0.4, -0.2) is 40.8 Å². The van der Waals surface area contributed by atoms with E-state index in [0.717, 1.165) is 6.92 Å². The van der Waals surface area contributed by atoms with Gasteiger partial charge in [0.2, 0.25) is 0 Å². The number of aryl methyl sites for hydroxylation is 1. The molecular weight excluding hydrogens is 616 g/mol. The Hall–Kier alpha value is -2.91. The van der Waals surface area contributed by atoms with Crippen molar-refractivity contribution in [2.45, 2.75) is 44.3 Å². The maximum atomic E-state index is 14.3. The fraction of sp³-hybridized carbons (Fsp3) is 0.318. The minimum absolute atomic E-state index is 0.212. The van der Waals surface area contributed by atoms with Gasteiger partial charge < -0.3 is 15.7 Å². The molecule has 6 nitrogen and oxygen atoms in total. The van der Waals surface area contributed by atoms with Gasteiger partial charge in [-0.3, -0.25) is 9.59 Å². The van der Waals surface area contributed by atoms with Crippen LogP contribution in [0.5, 0.6) is 0 Å². The van der Waals surface area contributed by atoms with E-state index in [4.69, 9.17) is 0 Å². The first-order valence-corrected chi connectivity index (χ1v) is 10.9. The van der Waals surface area contributed by atoms with Crippen molar-refractivity contribution in [1.82, 2.24) is 5.32 Å². The van der Waals surface area contributed by atoms with E-state index >= 15 is 0 Å². The molecule has 0 saturated carbocycles. The molecule has 2 aromatic rings. The third-order valence-corrected chi connectivity index (χ3v) is 6.00. The molecule has 0 radical (unpaired) electrons. The first kappa shape index (κ1) is 29.3. The summed E-state index contributed by atoms with van der Waals surface area (Å²) in [5.74, 6) is -3.24. The van der Waals surface area contributed by atoms with Crippen molar-refractivity contribution in [3.8, 4) is 0 Å². The Morgan fingerprint density at radius 3 is 1.92 bits per heavy atom. The molecule has 2 aromatic carbocycles. The Balaban J connectivity index is 2.45. The summed E-state index contributed by atoms with van der Waals surface area (Å²) in [6.07, 6.45) is -12.6. The number of carbonyl (C=O) groups excluding carboxylic acids is 2. The number of amides is 2. The molecule has 0 bridgehead atoms. The third-order valence-electron chi connectivity index (χ3n) is 5.10. The normalized spacial score (nSPS) is 12.8. The molecule has 0 aliphatic heterocycles. The summed E-state index contributed by atoms with van der Waals surface area (Å²) < 4.78 is 92.8. The van der Waals surface area contributed by atoms with Crippen LogP contribution >= 0.6 is 22.6 Å². The van der Waals surface area contributed by atoms with Gasteiger partial charge in [-0.25, -0.2) is 9.18 Å². The molecular formula is C22H18F7IN2O4. The van der Waals surface area contributed by atoms with Gasteiger partial charge >= 0.3 is 24.0 Å². The summed E-state index contributed by atoms with van der Waals surface area (Å²) in [5, 5.41) is 13.8. The van der Waals surface area contributed by atoms with Crippen molar-refractivity contribution >= 4 is 46.1 Å². The number of anilines is 1. The molecule has 14 heteroatoms. The molecule has 0 heterocycles. The molecule has 0 fully saturated rings. The average molecular weight is 634 g/mol. The summed E-state index contributed by atoms with van der Waals surface area (Å²) >= 11 is 1.73. The first-order chi connectivity index (χ1) is 16.2. The standard InChI is InChI=1S/C22H18F7IN2O4/c1-10-9-11(20(23,21(24,25)26)22(27,28)29)7-8-14(10)31-16(33)12-5-4-6-13(30)15(12)17(34)32-19(2,3)18(35)36/h4-9H,1-3H3,(H,31,33)(H,32,34)(H,35,36). The monoisotopic (exact) mass is 634 g/mol. The zero-order valence-corrected chi connectivity index (χ0v) is 20.8. The highest BCUT2D eigenvalue weighted by Gasteiger charge is 2.73. The maximum Gasteiger partial charge on any atom is 0.435 e. The van der Waals surface area contributed by atoms with E-state index in [1.54, 1.807) is 22.6 Å². The second kappa shape index (κ2) is 9.86. The lowest BCUT2D eigenvalue weighted by Gasteiger charge is -2.30. The van der Waals surface area contributed by atoms with Gasteiger partial charge in [0.25, 0.3) is 11.8 Å². The molecule has 196 valence electrons. The SMILES string of the molecule is Cc1cc(C(F)(C(F)(F)F)C(F)(F)F)ccc1NC(=O)c1cccc(I)c1C(=O)NC(C)(C)C(=O)O. The van der Waals surface area contributed by atoms with Gasteiger partial charge in [-0.2, -0.15) is 26.3 Å². The van der Waals surface area contributed by atoms with Crippen molar-refractivity contribution in [2.24, 2.45) is 0 Å². The Bertz CT molecular complexity index is 1200. The molecule has 2 amide bonds. The number of alkyl halides is 7. The van der Waals surface area contributed by atoms with Crippen LogP contribution in [0.3, 0.4) is 0 Å². The number of hydrogen-bond acceptors (Lipinski definition) is 3. The average Bonchev–Trinajstić information content (AvgIpc) is 2.72. The first-order valence-electron chi connectivity index (χ1n) is 9.83. The van der Waals surface area contributed by atoms with Crippen molar-refractivity contribution < 1.29 is 50.2 Å².